The van der Waals surface area contributed by atoms with E-state index in [1.54, 1.807) is 0 Å². The van der Waals surface area contributed by atoms with E-state index in [2.05, 4.69) is 57.1 Å². The van der Waals surface area contributed by atoms with Crippen molar-refractivity contribution in [2.45, 2.75) is 38.3 Å². The molecule has 0 N–H and O–H groups in total. The highest BCUT2D eigenvalue weighted by atomic mass is 15.4. The summed E-state index contributed by atoms with van der Waals surface area (Å²) >= 11 is 0. The number of benzene rings is 2. The van der Waals surface area contributed by atoms with Crippen LogP contribution in [0.4, 0.5) is 5.69 Å². The largest absolute Gasteiger partial charge is 0.368 e. The normalized spacial score (nSPS) is 23.1. The van der Waals surface area contributed by atoms with E-state index in [4.69, 9.17) is 0 Å². The Kier molecular flexibility index (Phi) is 2.75. The van der Waals surface area contributed by atoms with Crippen molar-refractivity contribution in [2.75, 3.05) is 11.4 Å². The molecule has 4 heteroatoms. The van der Waals surface area contributed by atoms with E-state index in [1.165, 1.54) is 36.2 Å². The molecule has 3 aromatic rings. The van der Waals surface area contributed by atoms with E-state index in [1.807, 2.05) is 12.1 Å². The SMILES string of the molecule is C[C@@H]1C[C@H](n2nnc3ccccc32)c2cccc3c2N1CCC3. The second-order valence-electron chi connectivity index (χ2n) is 6.78. The quantitative estimate of drug-likeness (QED) is 0.689. The molecule has 0 spiro atoms. The van der Waals surface area contributed by atoms with Gasteiger partial charge >= 0.3 is 0 Å². The average Bonchev–Trinajstić information content (AvgIpc) is 3.02. The van der Waals surface area contributed by atoms with Gasteiger partial charge in [-0.15, -0.1) is 5.10 Å². The number of hydrogen-bond donors (Lipinski definition) is 0. The van der Waals surface area contributed by atoms with Gasteiger partial charge in [0.05, 0.1) is 11.6 Å². The molecule has 2 atom stereocenters. The molecule has 3 heterocycles. The number of rotatable bonds is 1. The first-order valence-electron chi connectivity index (χ1n) is 8.51. The molecule has 2 aromatic carbocycles. The minimum atomic E-state index is 0.279. The van der Waals surface area contributed by atoms with Crippen LogP contribution in [0.1, 0.15) is 36.9 Å². The zero-order valence-electron chi connectivity index (χ0n) is 13.3. The first kappa shape index (κ1) is 13.1. The van der Waals surface area contributed by atoms with E-state index in [0.717, 1.165) is 17.5 Å². The monoisotopic (exact) mass is 304 g/mol. The van der Waals surface area contributed by atoms with Gasteiger partial charge in [0, 0.05) is 23.8 Å². The van der Waals surface area contributed by atoms with Crippen molar-refractivity contribution in [3.63, 3.8) is 0 Å². The van der Waals surface area contributed by atoms with Crippen LogP contribution in [-0.2, 0) is 6.42 Å². The predicted octanol–water partition coefficient (Wildman–Crippen LogP) is 3.57. The lowest BCUT2D eigenvalue weighted by Gasteiger charge is -2.44. The van der Waals surface area contributed by atoms with E-state index in [9.17, 15) is 0 Å². The first-order chi connectivity index (χ1) is 11.3. The molecule has 0 saturated carbocycles. The number of hydrogen-bond acceptors (Lipinski definition) is 3. The Hall–Kier alpha value is -2.36. The van der Waals surface area contributed by atoms with Crippen LogP contribution in [0.5, 0.6) is 0 Å². The molecule has 2 aliphatic rings. The summed E-state index contributed by atoms with van der Waals surface area (Å²) in [6.07, 6.45) is 3.54. The Balaban J connectivity index is 1.73. The van der Waals surface area contributed by atoms with Crippen molar-refractivity contribution in [3.05, 3.63) is 53.6 Å². The van der Waals surface area contributed by atoms with E-state index in [-0.39, 0.29) is 6.04 Å². The summed E-state index contributed by atoms with van der Waals surface area (Å²) in [5.41, 5.74) is 6.48. The summed E-state index contributed by atoms with van der Waals surface area (Å²) in [5, 5.41) is 8.87. The molecule has 2 aliphatic heterocycles. The molecule has 4 nitrogen and oxygen atoms in total. The molecule has 0 unspecified atom stereocenters. The molecule has 0 fully saturated rings. The highest BCUT2D eigenvalue weighted by Gasteiger charge is 2.35. The van der Waals surface area contributed by atoms with Gasteiger partial charge in [-0.25, -0.2) is 4.68 Å². The van der Waals surface area contributed by atoms with Crippen LogP contribution in [0.25, 0.3) is 11.0 Å². The maximum atomic E-state index is 4.50. The maximum Gasteiger partial charge on any atom is 0.113 e. The highest BCUT2D eigenvalue weighted by molar-refractivity contribution is 5.75. The first-order valence-corrected chi connectivity index (χ1v) is 8.51. The molecule has 5 rings (SSSR count). The standard InChI is InChI=1S/C19H20N4/c1-13-12-18(23-17-10-3-2-9-16(17)20-21-23)15-8-4-6-14-7-5-11-22(13)19(14)15/h2-4,6,8-10,13,18H,5,7,11-12H2,1H3/t13-,18+/m1/s1. The summed E-state index contributed by atoms with van der Waals surface area (Å²) < 4.78 is 2.13. The fourth-order valence-corrected chi connectivity index (χ4v) is 4.35. The molecule has 23 heavy (non-hydrogen) atoms. The smallest absolute Gasteiger partial charge is 0.113 e. The Morgan fingerprint density at radius 1 is 1.09 bits per heavy atom. The molecule has 0 amide bonds. The van der Waals surface area contributed by atoms with E-state index in [0.29, 0.717) is 6.04 Å². The number of para-hydroxylation sites is 2. The lowest BCUT2D eigenvalue weighted by Crippen LogP contribution is -2.43. The lowest BCUT2D eigenvalue weighted by molar-refractivity contribution is 0.410. The second-order valence-corrected chi connectivity index (χ2v) is 6.78. The van der Waals surface area contributed by atoms with Gasteiger partial charge in [0.25, 0.3) is 0 Å². The topological polar surface area (TPSA) is 34.0 Å². The van der Waals surface area contributed by atoms with Gasteiger partial charge < -0.3 is 4.90 Å². The van der Waals surface area contributed by atoms with Crippen molar-refractivity contribution in [2.24, 2.45) is 0 Å². The zero-order valence-corrected chi connectivity index (χ0v) is 13.3. The van der Waals surface area contributed by atoms with Crippen LogP contribution >= 0.6 is 0 Å². The third kappa shape index (κ3) is 1.84. The van der Waals surface area contributed by atoms with Gasteiger partial charge in [-0.05, 0) is 43.9 Å². The van der Waals surface area contributed by atoms with Crippen LogP contribution < -0.4 is 4.90 Å². The number of anilines is 1. The van der Waals surface area contributed by atoms with Crippen LogP contribution in [0, 0.1) is 0 Å². The summed E-state index contributed by atoms with van der Waals surface area (Å²) in [6.45, 7) is 3.52. The average molecular weight is 304 g/mol. The van der Waals surface area contributed by atoms with Crippen molar-refractivity contribution >= 4 is 16.7 Å². The molecule has 1 aromatic heterocycles. The van der Waals surface area contributed by atoms with Gasteiger partial charge in [-0.3, -0.25) is 0 Å². The Labute approximate surface area is 135 Å². The predicted molar refractivity (Wildman–Crippen MR) is 91.9 cm³/mol. The summed E-state index contributed by atoms with van der Waals surface area (Å²) in [6, 6.07) is 15.9. The van der Waals surface area contributed by atoms with Gasteiger partial charge in [0.15, 0.2) is 0 Å². The Bertz CT molecular complexity index is 882. The zero-order chi connectivity index (χ0) is 15.4. The summed E-state index contributed by atoms with van der Waals surface area (Å²) in [5.74, 6) is 0. The minimum absolute atomic E-state index is 0.279. The van der Waals surface area contributed by atoms with Gasteiger partial charge in [0.2, 0.25) is 0 Å². The van der Waals surface area contributed by atoms with Gasteiger partial charge in [-0.1, -0.05) is 35.5 Å². The maximum absolute atomic E-state index is 4.50. The third-order valence-electron chi connectivity index (χ3n) is 5.41. The highest BCUT2D eigenvalue weighted by Crippen LogP contribution is 2.43. The number of nitrogens with zero attached hydrogens (tertiary/aromatic N) is 4. The Morgan fingerprint density at radius 3 is 2.96 bits per heavy atom. The van der Waals surface area contributed by atoms with E-state index < -0.39 is 0 Å². The van der Waals surface area contributed by atoms with Crippen molar-refractivity contribution in [3.8, 4) is 0 Å². The molecule has 0 saturated heterocycles. The van der Waals surface area contributed by atoms with Gasteiger partial charge in [0.1, 0.15) is 5.52 Å². The number of aryl methyl sites for hydroxylation is 1. The van der Waals surface area contributed by atoms with Crippen molar-refractivity contribution in [1.29, 1.82) is 0 Å². The van der Waals surface area contributed by atoms with Crippen LogP contribution in [0.2, 0.25) is 0 Å². The summed E-state index contributed by atoms with van der Waals surface area (Å²) in [7, 11) is 0. The van der Waals surface area contributed by atoms with Crippen molar-refractivity contribution < 1.29 is 0 Å². The van der Waals surface area contributed by atoms with Crippen molar-refractivity contribution in [1.82, 2.24) is 15.0 Å². The van der Waals surface area contributed by atoms with Crippen LogP contribution in [0.15, 0.2) is 42.5 Å². The van der Waals surface area contributed by atoms with Crippen LogP contribution in [0.3, 0.4) is 0 Å². The fraction of sp³-hybridized carbons (Fsp3) is 0.368. The molecule has 0 bridgehead atoms. The summed E-state index contributed by atoms with van der Waals surface area (Å²) in [4.78, 5) is 2.60. The van der Waals surface area contributed by atoms with Gasteiger partial charge in [-0.2, -0.15) is 0 Å². The molecular weight excluding hydrogens is 284 g/mol. The lowest BCUT2D eigenvalue weighted by atomic mass is 9.86. The molecule has 116 valence electrons. The third-order valence-corrected chi connectivity index (χ3v) is 5.41. The molecule has 0 radical (unpaired) electrons. The van der Waals surface area contributed by atoms with Crippen LogP contribution in [-0.4, -0.2) is 27.6 Å². The second kappa shape index (κ2) is 4.82. The minimum Gasteiger partial charge on any atom is -0.368 e. The molecule has 0 aliphatic carbocycles. The number of aromatic nitrogens is 3. The molecular formula is C19H20N4. The number of fused-ring (bicyclic) bond motifs is 1. The Morgan fingerprint density at radius 2 is 2.00 bits per heavy atom. The van der Waals surface area contributed by atoms with E-state index >= 15 is 0 Å². The fourth-order valence-electron chi connectivity index (χ4n) is 4.35.